The molecule has 0 atom stereocenters. The first-order chi connectivity index (χ1) is 3.41. The minimum absolute atomic E-state index is 0.169. The minimum atomic E-state index is -0.268. The number of halogens is 1. The third-order valence-electron chi connectivity index (χ3n) is 0.732. The quantitative estimate of drug-likeness (QED) is 0.363. The van der Waals surface area contributed by atoms with Crippen LogP contribution in [0, 0.1) is 0 Å². The fraction of sp³-hybridized carbons (Fsp3) is 1.00. The van der Waals surface area contributed by atoms with Gasteiger partial charge in [0.1, 0.15) is 20.2 Å². The Morgan fingerprint density at radius 2 is 2.43 bits per heavy atom. The fourth-order valence-electron chi connectivity index (χ4n) is 0.341. The van der Waals surface area contributed by atoms with Crippen molar-refractivity contribution < 1.29 is 8.51 Å². The maximum atomic E-state index is 11.3. The van der Waals surface area contributed by atoms with Gasteiger partial charge in [0.25, 0.3) is 0 Å². The molecule has 0 saturated heterocycles. The van der Waals surface area contributed by atoms with Crippen LogP contribution >= 0.6 is 0 Å². The van der Waals surface area contributed by atoms with Gasteiger partial charge < -0.3 is 4.12 Å². The molecule has 0 spiro atoms. The van der Waals surface area contributed by atoms with Crippen molar-refractivity contribution >= 4 is 20.2 Å². The molecule has 0 amide bonds. The van der Waals surface area contributed by atoms with E-state index < -0.39 is 0 Å². The Hall–Kier alpha value is 0.324. The molecule has 7 heavy (non-hydrogen) atoms. The van der Waals surface area contributed by atoms with Crippen LogP contribution < -0.4 is 0 Å². The highest BCUT2D eigenvalue weighted by atomic mass is 28.3. The van der Waals surface area contributed by atoms with Crippen LogP contribution in [-0.4, -0.2) is 26.9 Å². The van der Waals surface area contributed by atoms with Gasteiger partial charge in [-0.3, -0.25) is 4.39 Å². The molecule has 0 saturated carbocycles. The Balaban J connectivity index is 2.45. The zero-order valence-electron chi connectivity index (χ0n) is 4.61. The summed E-state index contributed by atoms with van der Waals surface area (Å²) in [4.78, 5) is 0. The summed E-state index contributed by atoms with van der Waals surface area (Å²) in [7, 11) is 0.578. The first-order valence-electron chi connectivity index (χ1n) is 2.46. The van der Waals surface area contributed by atoms with Crippen LogP contribution in [0.3, 0.4) is 0 Å². The van der Waals surface area contributed by atoms with Crippen molar-refractivity contribution in [2.75, 3.05) is 6.67 Å². The summed E-state index contributed by atoms with van der Waals surface area (Å²) in [5, 5.41) is 0. The van der Waals surface area contributed by atoms with Crippen molar-refractivity contribution in [1.29, 1.82) is 0 Å². The largest absolute Gasteiger partial charge is 0.468 e. The van der Waals surface area contributed by atoms with Crippen LogP contribution in [-0.2, 0) is 4.12 Å². The first kappa shape index (κ1) is 7.32. The van der Waals surface area contributed by atoms with Crippen LogP contribution in [0.15, 0.2) is 0 Å². The zero-order valence-corrected chi connectivity index (χ0v) is 8.03. The SMILES string of the molecule is FCCC[SiH2]O[SiH3]. The highest BCUT2D eigenvalue weighted by Gasteiger charge is 1.83. The first-order valence-corrected chi connectivity index (χ1v) is 4.86. The predicted molar refractivity (Wildman–Crippen MR) is 35.0 cm³/mol. The predicted octanol–water partition coefficient (Wildman–Crippen LogP) is -0.855. The summed E-state index contributed by atoms with van der Waals surface area (Å²) in [5.74, 6) is 0. The molecule has 0 fully saturated rings. The highest BCUT2D eigenvalue weighted by Crippen LogP contribution is 1.87. The third kappa shape index (κ3) is 6.32. The molecular formula is C3H11FOSi2. The fourth-order valence-corrected chi connectivity index (χ4v) is 1.89. The summed E-state index contributed by atoms with van der Waals surface area (Å²) < 4.78 is 16.2. The van der Waals surface area contributed by atoms with Gasteiger partial charge in [-0.15, -0.1) is 0 Å². The van der Waals surface area contributed by atoms with Crippen LogP contribution in [0.1, 0.15) is 6.42 Å². The topological polar surface area (TPSA) is 9.23 Å². The van der Waals surface area contributed by atoms with E-state index in [1.54, 1.807) is 0 Å². The molecule has 0 aromatic carbocycles. The van der Waals surface area contributed by atoms with Crippen LogP contribution in [0.4, 0.5) is 4.39 Å². The Morgan fingerprint density at radius 1 is 1.71 bits per heavy atom. The van der Waals surface area contributed by atoms with Crippen molar-refractivity contribution in [3.8, 4) is 0 Å². The smallest absolute Gasteiger partial charge is 0.145 e. The Bertz CT molecular complexity index is 32.1. The van der Waals surface area contributed by atoms with Gasteiger partial charge in [-0.25, -0.2) is 0 Å². The normalized spacial score (nSPS) is 11.6. The van der Waals surface area contributed by atoms with E-state index in [9.17, 15) is 4.39 Å². The minimum Gasteiger partial charge on any atom is -0.468 e. The maximum Gasteiger partial charge on any atom is 0.145 e. The molecule has 4 heteroatoms. The van der Waals surface area contributed by atoms with Crippen molar-refractivity contribution in [3.63, 3.8) is 0 Å². The molecule has 0 radical (unpaired) electrons. The van der Waals surface area contributed by atoms with Gasteiger partial charge >= 0.3 is 0 Å². The monoisotopic (exact) mass is 138 g/mol. The number of rotatable bonds is 4. The van der Waals surface area contributed by atoms with Crippen molar-refractivity contribution in [2.24, 2.45) is 0 Å². The van der Waals surface area contributed by atoms with Gasteiger partial charge in [0.05, 0.1) is 6.67 Å². The lowest BCUT2D eigenvalue weighted by atomic mass is 10.6. The van der Waals surface area contributed by atoms with E-state index in [-0.39, 0.29) is 16.4 Å². The van der Waals surface area contributed by atoms with Gasteiger partial charge in [-0.05, 0) is 12.5 Å². The van der Waals surface area contributed by atoms with E-state index in [4.69, 9.17) is 4.12 Å². The van der Waals surface area contributed by atoms with E-state index in [1.165, 1.54) is 0 Å². The Kier molecular flexibility index (Phi) is 6.62. The van der Waals surface area contributed by atoms with E-state index >= 15 is 0 Å². The molecular weight excluding hydrogens is 127 g/mol. The molecule has 0 aromatic rings. The number of alkyl halides is 1. The summed E-state index contributed by atoms with van der Waals surface area (Å²) in [6.45, 7) is -0.169. The molecule has 0 rings (SSSR count). The molecule has 1 nitrogen and oxygen atoms in total. The second kappa shape index (κ2) is 6.32. The maximum absolute atomic E-state index is 11.3. The molecule has 0 unspecified atom stereocenters. The molecule has 0 aromatic heterocycles. The van der Waals surface area contributed by atoms with Crippen LogP contribution in [0.5, 0.6) is 0 Å². The lowest BCUT2D eigenvalue weighted by Gasteiger charge is -1.90. The van der Waals surface area contributed by atoms with Crippen LogP contribution in [0.25, 0.3) is 0 Å². The molecule has 44 valence electrons. The average Bonchev–Trinajstić information content (AvgIpc) is 1.69. The molecule has 0 aliphatic rings. The van der Waals surface area contributed by atoms with E-state index in [0.717, 1.165) is 16.5 Å². The average molecular weight is 138 g/mol. The van der Waals surface area contributed by atoms with Crippen molar-refractivity contribution in [3.05, 3.63) is 0 Å². The molecule has 0 aliphatic heterocycles. The summed E-state index contributed by atoms with van der Waals surface area (Å²) >= 11 is 0. The third-order valence-corrected chi connectivity index (χ3v) is 3.15. The lowest BCUT2D eigenvalue weighted by molar-refractivity contribution is 0.482. The van der Waals surface area contributed by atoms with Gasteiger partial charge in [0, 0.05) is 0 Å². The second-order valence-electron chi connectivity index (χ2n) is 1.39. The summed E-state index contributed by atoms with van der Waals surface area (Å²) in [5.41, 5.74) is 0. The summed E-state index contributed by atoms with van der Waals surface area (Å²) in [6.07, 6.45) is 0.717. The zero-order chi connectivity index (χ0) is 5.54. The molecule has 0 aliphatic carbocycles. The van der Waals surface area contributed by atoms with Gasteiger partial charge in [0.2, 0.25) is 0 Å². The van der Waals surface area contributed by atoms with Gasteiger partial charge in [-0.1, -0.05) is 0 Å². The Morgan fingerprint density at radius 3 is 2.86 bits per heavy atom. The van der Waals surface area contributed by atoms with Gasteiger partial charge in [0.15, 0.2) is 0 Å². The summed E-state index contributed by atoms with van der Waals surface area (Å²) in [6, 6.07) is 1.01. The molecule has 0 N–H and O–H groups in total. The second-order valence-corrected chi connectivity index (χ2v) is 4.81. The van der Waals surface area contributed by atoms with E-state index in [2.05, 4.69) is 0 Å². The van der Waals surface area contributed by atoms with Crippen molar-refractivity contribution in [1.82, 2.24) is 0 Å². The van der Waals surface area contributed by atoms with Crippen LogP contribution in [0.2, 0.25) is 6.04 Å². The van der Waals surface area contributed by atoms with Crippen molar-refractivity contribution in [2.45, 2.75) is 12.5 Å². The molecule has 0 bridgehead atoms. The number of hydrogen-bond donors (Lipinski definition) is 0. The standard InChI is InChI=1S/C3H11FOSi2/c4-2-1-3-7-5-6/h1-3,7H2,6H3. The lowest BCUT2D eigenvalue weighted by Crippen LogP contribution is -1.93. The Labute approximate surface area is 48.7 Å². The highest BCUT2D eigenvalue weighted by molar-refractivity contribution is 6.34. The molecule has 0 heterocycles. The number of hydrogen-bond acceptors (Lipinski definition) is 1. The van der Waals surface area contributed by atoms with Gasteiger partial charge in [-0.2, -0.15) is 0 Å². The van der Waals surface area contributed by atoms with E-state index in [1.807, 2.05) is 0 Å². The van der Waals surface area contributed by atoms with E-state index in [0.29, 0.717) is 6.42 Å².